The number of nitrogens with one attached hydrogen (secondary N) is 2. The number of nitrogens with zero attached hydrogens (tertiary/aromatic N) is 6. The van der Waals surface area contributed by atoms with Crippen LogP contribution in [0.15, 0.2) is 22.6 Å². The molecule has 4 rings (SSSR count). The van der Waals surface area contributed by atoms with Crippen LogP contribution in [0.3, 0.4) is 0 Å². The van der Waals surface area contributed by atoms with Gasteiger partial charge in [0.15, 0.2) is 0 Å². The number of aryl methyl sites for hydroxylation is 2. The summed E-state index contributed by atoms with van der Waals surface area (Å²) >= 11 is 6.14. The van der Waals surface area contributed by atoms with Crippen molar-refractivity contribution in [3.8, 4) is 0 Å². The summed E-state index contributed by atoms with van der Waals surface area (Å²) in [6.45, 7) is 5.44. The molecule has 1 aliphatic heterocycles. The first-order valence-electron chi connectivity index (χ1n) is 9.14. The van der Waals surface area contributed by atoms with E-state index >= 15 is 0 Å². The second kappa shape index (κ2) is 8.00. The molecule has 29 heavy (non-hydrogen) atoms. The van der Waals surface area contributed by atoms with E-state index in [1.165, 1.54) is 0 Å². The van der Waals surface area contributed by atoms with Gasteiger partial charge in [-0.2, -0.15) is 15.0 Å². The molecule has 0 bridgehead atoms. The van der Waals surface area contributed by atoms with E-state index in [4.69, 9.17) is 16.0 Å². The van der Waals surface area contributed by atoms with E-state index in [1.54, 1.807) is 19.1 Å². The SMILES string of the molecule is Cc1nc(Nc2nnc(C(=O)Nc3c(C)cccc3Cl)o2)nc(N2CCCC2)n1. The van der Waals surface area contributed by atoms with Crippen LogP contribution in [-0.2, 0) is 0 Å². The summed E-state index contributed by atoms with van der Waals surface area (Å²) in [7, 11) is 0. The topological polar surface area (TPSA) is 122 Å². The van der Waals surface area contributed by atoms with Gasteiger partial charge in [-0.1, -0.05) is 28.8 Å². The molecule has 11 heteroatoms. The third-order valence-electron chi connectivity index (χ3n) is 4.42. The summed E-state index contributed by atoms with van der Waals surface area (Å²) in [4.78, 5) is 27.5. The number of para-hydroxylation sites is 1. The Hall–Kier alpha value is -3.27. The van der Waals surface area contributed by atoms with Gasteiger partial charge in [-0.3, -0.25) is 10.1 Å². The van der Waals surface area contributed by atoms with E-state index in [0.717, 1.165) is 31.5 Å². The Labute approximate surface area is 171 Å². The summed E-state index contributed by atoms with van der Waals surface area (Å²) in [5, 5.41) is 13.6. The van der Waals surface area contributed by atoms with Crippen LogP contribution in [0.25, 0.3) is 0 Å². The highest BCUT2D eigenvalue weighted by Gasteiger charge is 2.20. The molecule has 1 amide bonds. The number of benzene rings is 1. The van der Waals surface area contributed by atoms with Crippen LogP contribution < -0.4 is 15.5 Å². The number of hydrogen-bond donors (Lipinski definition) is 2. The van der Waals surface area contributed by atoms with Crippen LogP contribution in [0.2, 0.25) is 5.02 Å². The number of anilines is 4. The third-order valence-corrected chi connectivity index (χ3v) is 4.74. The van der Waals surface area contributed by atoms with Gasteiger partial charge >= 0.3 is 17.8 Å². The van der Waals surface area contributed by atoms with Crippen molar-refractivity contribution < 1.29 is 9.21 Å². The van der Waals surface area contributed by atoms with Crippen molar-refractivity contribution >= 4 is 41.1 Å². The van der Waals surface area contributed by atoms with Gasteiger partial charge in [0.05, 0.1) is 10.7 Å². The zero-order chi connectivity index (χ0) is 20.4. The lowest BCUT2D eigenvalue weighted by Crippen LogP contribution is -2.21. The van der Waals surface area contributed by atoms with Crippen LogP contribution >= 0.6 is 11.6 Å². The highest BCUT2D eigenvalue weighted by atomic mass is 35.5. The largest absolute Gasteiger partial charge is 0.399 e. The Bertz CT molecular complexity index is 1030. The number of rotatable bonds is 5. The second-order valence-corrected chi connectivity index (χ2v) is 7.03. The molecule has 0 aliphatic carbocycles. The molecular weight excluding hydrogens is 396 g/mol. The number of hydrogen-bond acceptors (Lipinski definition) is 9. The van der Waals surface area contributed by atoms with E-state index in [0.29, 0.717) is 22.5 Å². The van der Waals surface area contributed by atoms with Crippen molar-refractivity contribution in [1.29, 1.82) is 0 Å². The minimum atomic E-state index is -0.564. The lowest BCUT2D eigenvalue weighted by atomic mass is 10.2. The molecule has 0 atom stereocenters. The molecule has 2 N–H and O–H groups in total. The molecule has 0 radical (unpaired) electrons. The molecule has 1 fully saturated rings. The van der Waals surface area contributed by atoms with E-state index in [-0.39, 0.29) is 17.9 Å². The molecule has 0 spiro atoms. The highest BCUT2D eigenvalue weighted by Crippen LogP contribution is 2.26. The monoisotopic (exact) mass is 414 g/mol. The molecular formula is C18H19ClN8O2. The molecule has 0 unspecified atom stereocenters. The van der Waals surface area contributed by atoms with Crippen molar-refractivity contribution in [3.63, 3.8) is 0 Å². The molecule has 10 nitrogen and oxygen atoms in total. The predicted octanol–water partition coefficient (Wildman–Crippen LogP) is 3.12. The second-order valence-electron chi connectivity index (χ2n) is 6.62. The summed E-state index contributed by atoms with van der Waals surface area (Å²) in [5.41, 5.74) is 1.31. The first-order valence-corrected chi connectivity index (χ1v) is 9.52. The molecule has 3 heterocycles. The van der Waals surface area contributed by atoms with E-state index in [9.17, 15) is 4.79 Å². The average molecular weight is 415 g/mol. The van der Waals surface area contributed by atoms with Gasteiger partial charge in [-0.25, -0.2) is 0 Å². The molecule has 1 aromatic carbocycles. The average Bonchev–Trinajstić information content (AvgIpc) is 3.36. The van der Waals surface area contributed by atoms with Crippen molar-refractivity contribution in [3.05, 3.63) is 40.5 Å². The summed E-state index contributed by atoms with van der Waals surface area (Å²) < 4.78 is 5.40. The first-order chi connectivity index (χ1) is 14.0. The maximum atomic E-state index is 12.4. The van der Waals surface area contributed by atoms with Gasteiger partial charge < -0.3 is 14.6 Å². The van der Waals surface area contributed by atoms with Crippen LogP contribution in [0, 0.1) is 13.8 Å². The Kier molecular flexibility index (Phi) is 5.26. The lowest BCUT2D eigenvalue weighted by molar-refractivity contribution is 0.0991. The highest BCUT2D eigenvalue weighted by molar-refractivity contribution is 6.34. The van der Waals surface area contributed by atoms with Gasteiger partial charge in [0.25, 0.3) is 0 Å². The van der Waals surface area contributed by atoms with Gasteiger partial charge in [0.2, 0.25) is 11.9 Å². The van der Waals surface area contributed by atoms with Crippen LogP contribution in [0.4, 0.5) is 23.6 Å². The number of amides is 1. The molecule has 1 saturated heterocycles. The quantitative estimate of drug-likeness (QED) is 0.648. The fourth-order valence-electron chi connectivity index (χ4n) is 3.00. The number of halogens is 1. The Morgan fingerprint density at radius 1 is 1.14 bits per heavy atom. The molecule has 0 saturated carbocycles. The minimum Gasteiger partial charge on any atom is -0.399 e. The third kappa shape index (κ3) is 4.27. The van der Waals surface area contributed by atoms with E-state index in [1.807, 2.05) is 13.0 Å². The number of carbonyl (C=O) groups is 1. The Morgan fingerprint density at radius 2 is 1.93 bits per heavy atom. The van der Waals surface area contributed by atoms with Gasteiger partial charge in [0.1, 0.15) is 5.82 Å². The maximum Gasteiger partial charge on any atom is 0.322 e. The predicted molar refractivity (Wildman–Crippen MR) is 108 cm³/mol. The summed E-state index contributed by atoms with van der Waals surface area (Å²) in [6, 6.07) is 5.33. The van der Waals surface area contributed by atoms with Gasteiger partial charge in [-0.05, 0) is 38.3 Å². The Balaban J connectivity index is 1.49. The standard InChI is InChI=1S/C18H19ClN8O2/c1-10-6-5-7-12(19)13(10)22-14(28)15-25-26-18(29-15)24-16-20-11(2)21-17(23-16)27-8-3-4-9-27/h5-7H,3-4,8-9H2,1-2H3,(H,22,28)(H,20,21,23,24,26). The molecule has 2 aromatic heterocycles. The van der Waals surface area contributed by atoms with Crippen molar-refractivity contribution in [2.75, 3.05) is 28.6 Å². The van der Waals surface area contributed by atoms with Crippen LogP contribution in [0.1, 0.15) is 34.9 Å². The zero-order valence-corrected chi connectivity index (χ0v) is 16.7. The molecule has 150 valence electrons. The van der Waals surface area contributed by atoms with Crippen molar-refractivity contribution in [2.24, 2.45) is 0 Å². The molecule has 3 aromatic rings. The fourth-order valence-corrected chi connectivity index (χ4v) is 3.27. The van der Waals surface area contributed by atoms with E-state index < -0.39 is 5.91 Å². The van der Waals surface area contributed by atoms with Crippen molar-refractivity contribution in [2.45, 2.75) is 26.7 Å². The normalized spacial score (nSPS) is 13.6. The van der Waals surface area contributed by atoms with Gasteiger partial charge in [0, 0.05) is 13.1 Å². The number of aromatic nitrogens is 5. The Morgan fingerprint density at radius 3 is 2.69 bits per heavy atom. The smallest absolute Gasteiger partial charge is 0.322 e. The van der Waals surface area contributed by atoms with E-state index in [2.05, 4.69) is 40.7 Å². The number of carbonyl (C=O) groups excluding carboxylic acids is 1. The van der Waals surface area contributed by atoms with Crippen molar-refractivity contribution in [1.82, 2.24) is 25.1 Å². The molecule has 1 aliphatic rings. The lowest BCUT2D eigenvalue weighted by Gasteiger charge is -2.15. The zero-order valence-electron chi connectivity index (χ0n) is 15.9. The maximum absolute atomic E-state index is 12.4. The summed E-state index contributed by atoms with van der Waals surface area (Å²) in [5.74, 6) is 0.668. The van der Waals surface area contributed by atoms with Crippen LogP contribution in [0.5, 0.6) is 0 Å². The minimum absolute atomic E-state index is 0.00371. The fraction of sp³-hybridized carbons (Fsp3) is 0.333. The van der Waals surface area contributed by atoms with Crippen LogP contribution in [-0.4, -0.2) is 44.1 Å². The van der Waals surface area contributed by atoms with Gasteiger partial charge in [-0.15, -0.1) is 5.10 Å². The first kappa shape index (κ1) is 19.1. The summed E-state index contributed by atoms with van der Waals surface area (Å²) in [6.07, 6.45) is 2.22.